The van der Waals surface area contributed by atoms with Crippen molar-refractivity contribution in [3.8, 4) is 5.75 Å². The van der Waals surface area contributed by atoms with E-state index < -0.39 is 15.6 Å². The van der Waals surface area contributed by atoms with Gasteiger partial charge in [0.2, 0.25) is 10.0 Å². The van der Waals surface area contributed by atoms with Gasteiger partial charge in [0.25, 0.3) is 5.91 Å². The SMILES string of the molecule is CC1(C)Oc2ccc(S(=O)(=O)NC3CCCC3)cc2NC1=O. The number of carbonyl (C=O) groups excluding carboxylic acids is 1. The summed E-state index contributed by atoms with van der Waals surface area (Å²) < 4.78 is 33.2. The lowest BCUT2D eigenvalue weighted by Gasteiger charge is -2.31. The molecule has 0 unspecified atom stereocenters. The summed E-state index contributed by atoms with van der Waals surface area (Å²) in [7, 11) is -3.58. The zero-order valence-corrected chi connectivity index (χ0v) is 13.5. The van der Waals surface area contributed by atoms with Crippen molar-refractivity contribution in [1.29, 1.82) is 0 Å². The molecule has 0 saturated heterocycles. The summed E-state index contributed by atoms with van der Waals surface area (Å²) in [6.07, 6.45) is 3.85. The van der Waals surface area contributed by atoms with E-state index in [1.54, 1.807) is 19.9 Å². The molecular weight excluding hydrogens is 304 g/mol. The summed E-state index contributed by atoms with van der Waals surface area (Å²) in [4.78, 5) is 12.1. The molecule has 0 bridgehead atoms. The molecule has 0 radical (unpaired) electrons. The first-order valence-electron chi connectivity index (χ1n) is 7.45. The van der Waals surface area contributed by atoms with Crippen LogP contribution in [-0.2, 0) is 14.8 Å². The molecular formula is C15H20N2O4S. The van der Waals surface area contributed by atoms with Crippen LogP contribution < -0.4 is 14.8 Å². The summed E-state index contributed by atoms with van der Waals surface area (Å²) in [6, 6.07) is 4.54. The molecule has 7 heteroatoms. The predicted octanol–water partition coefficient (Wildman–Crippen LogP) is 2.02. The van der Waals surface area contributed by atoms with E-state index in [2.05, 4.69) is 10.0 Å². The molecule has 1 heterocycles. The van der Waals surface area contributed by atoms with Crippen molar-refractivity contribution in [1.82, 2.24) is 4.72 Å². The van der Waals surface area contributed by atoms with Crippen molar-refractivity contribution >= 4 is 21.6 Å². The minimum absolute atomic E-state index is 0.00538. The van der Waals surface area contributed by atoms with Gasteiger partial charge in [0.15, 0.2) is 5.60 Å². The molecule has 1 amide bonds. The third-order valence-electron chi connectivity index (χ3n) is 4.10. The quantitative estimate of drug-likeness (QED) is 0.891. The smallest absolute Gasteiger partial charge is 0.268 e. The molecule has 1 aliphatic heterocycles. The zero-order valence-electron chi connectivity index (χ0n) is 12.7. The maximum Gasteiger partial charge on any atom is 0.268 e. The summed E-state index contributed by atoms with van der Waals surface area (Å²) >= 11 is 0. The summed E-state index contributed by atoms with van der Waals surface area (Å²) in [6.45, 7) is 3.33. The second-order valence-corrected chi connectivity index (χ2v) is 8.04. The van der Waals surface area contributed by atoms with Crippen molar-refractivity contribution in [2.45, 2.75) is 56.1 Å². The van der Waals surface area contributed by atoms with E-state index in [1.165, 1.54) is 12.1 Å². The highest BCUT2D eigenvalue weighted by Crippen LogP contribution is 2.35. The van der Waals surface area contributed by atoms with Gasteiger partial charge in [-0.1, -0.05) is 12.8 Å². The molecule has 1 fully saturated rings. The number of hydrogen-bond donors (Lipinski definition) is 2. The van der Waals surface area contributed by atoms with Crippen molar-refractivity contribution < 1.29 is 17.9 Å². The highest BCUT2D eigenvalue weighted by atomic mass is 32.2. The maximum absolute atomic E-state index is 12.4. The van der Waals surface area contributed by atoms with Gasteiger partial charge in [0, 0.05) is 6.04 Å². The van der Waals surface area contributed by atoms with Crippen molar-refractivity contribution in [3.63, 3.8) is 0 Å². The van der Waals surface area contributed by atoms with Crippen molar-refractivity contribution in [2.24, 2.45) is 0 Å². The van der Waals surface area contributed by atoms with E-state index in [1.807, 2.05) is 0 Å². The number of rotatable bonds is 3. The fraction of sp³-hybridized carbons (Fsp3) is 0.533. The Balaban J connectivity index is 1.87. The molecule has 3 rings (SSSR count). The Morgan fingerprint density at radius 2 is 1.95 bits per heavy atom. The van der Waals surface area contributed by atoms with E-state index in [9.17, 15) is 13.2 Å². The molecule has 2 N–H and O–H groups in total. The monoisotopic (exact) mass is 324 g/mol. The van der Waals surface area contributed by atoms with Gasteiger partial charge in [0.1, 0.15) is 5.75 Å². The largest absolute Gasteiger partial charge is 0.476 e. The maximum atomic E-state index is 12.4. The van der Waals surface area contributed by atoms with Crippen LogP contribution in [0.15, 0.2) is 23.1 Å². The summed E-state index contributed by atoms with van der Waals surface area (Å²) in [5, 5.41) is 2.70. The van der Waals surface area contributed by atoms with Gasteiger partial charge in [-0.2, -0.15) is 0 Å². The molecule has 22 heavy (non-hydrogen) atoms. The minimum atomic E-state index is -3.58. The number of amides is 1. The second kappa shape index (κ2) is 5.24. The lowest BCUT2D eigenvalue weighted by molar-refractivity contribution is -0.129. The second-order valence-electron chi connectivity index (χ2n) is 6.33. The Morgan fingerprint density at radius 1 is 1.27 bits per heavy atom. The van der Waals surface area contributed by atoms with Gasteiger partial charge >= 0.3 is 0 Å². The first kappa shape index (κ1) is 15.3. The van der Waals surface area contributed by atoms with Crippen LogP contribution in [0.3, 0.4) is 0 Å². The standard InChI is InChI=1S/C15H20N2O4S/c1-15(2)14(18)16-12-9-11(7-8-13(12)21-15)22(19,20)17-10-5-3-4-6-10/h7-10,17H,3-6H2,1-2H3,(H,16,18). The van der Waals surface area contributed by atoms with E-state index in [0.29, 0.717) is 11.4 Å². The van der Waals surface area contributed by atoms with Gasteiger partial charge in [-0.15, -0.1) is 0 Å². The summed E-state index contributed by atoms with van der Waals surface area (Å²) in [5.41, 5.74) is -0.575. The number of carbonyl (C=O) groups is 1. The highest BCUT2D eigenvalue weighted by Gasteiger charge is 2.36. The van der Waals surface area contributed by atoms with Crippen LogP contribution in [0, 0.1) is 0 Å². The first-order valence-corrected chi connectivity index (χ1v) is 8.93. The lowest BCUT2D eigenvalue weighted by atomic mass is 10.1. The molecule has 1 aliphatic carbocycles. The first-order chi connectivity index (χ1) is 10.3. The molecule has 0 atom stereocenters. The molecule has 1 aromatic carbocycles. The van der Waals surface area contributed by atoms with Crippen molar-refractivity contribution in [3.05, 3.63) is 18.2 Å². The van der Waals surface area contributed by atoms with Gasteiger partial charge in [0.05, 0.1) is 10.6 Å². The zero-order chi connectivity index (χ0) is 16.0. The lowest BCUT2D eigenvalue weighted by Crippen LogP contribution is -2.45. The summed E-state index contributed by atoms with van der Waals surface area (Å²) in [5.74, 6) is 0.183. The van der Waals surface area contributed by atoms with Crippen LogP contribution in [0.5, 0.6) is 5.75 Å². The van der Waals surface area contributed by atoms with E-state index in [-0.39, 0.29) is 16.8 Å². The van der Waals surface area contributed by atoms with Gasteiger partial charge < -0.3 is 10.1 Å². The number of hydrogen-bond acceptors (Lipinski definition) is 4. The molecule has 2 aliphatic rings. The number of nitrogens with one attached hydrogen (secondary N) is 2. The highest BCUT2D eigenvalue weighted by molar-refractivity contribution is 7.89. The number of benzene rings is 1. The fourth-order valence-corrected chi connectivity index (χ4v) is 4.12. The minimum Gasteiger partial charge on any atom is -0.476 e. The van der Waals surface area contributed by atoms with Gasteiger partial charge in [-0.3, -0.25) is 4.79 Å². The predicted molar refractivity (Wildman–Crippen MR) is 82.4 cm³/mol. The number of anilines is 1. The van der Waals surface area contributed by atoms with Crippen LogP contribution in [0.1, 0.15) is 39.5 Å². The Morgan fingerprint density at radius 3 is 2.64 bits per heavy atom. The van der Waals surface area contributed by atoms with Crippen LogP contribution in [0.25, 0.3) is 0 Å². The topological polar surface area (TPSA) is 84.5 Å². The van der Waals surface area contributed by atoms with E-state index in [4.69, 9.17) is 4.74 Å². The Bertz CT molecular complexity index is 706. The number of sulfonamides is 1. The molecule has 1 aromatic rings. The van der Waals surface area contributed by atoms with Crippen LogP contribution in [0.2, 0.25) is 0 Å². The normalized spacial score (nSPS) is 21.1. The molecule has 6 nitrogen and oxygen atoms in total. The Kier molecular flexibility index (Phi) is 3.65. The Labute approximate surface area is 130 Å². The molecule has 1 saturated carbocycles. The van der Waals surface area contributed by atoms with Crippen LogP contribution >= 0.6 is 0 Å². The fourth-order valence-electron chi connectivity index (χ4n) is 2.79. The van der Waals surface area contributed by atoms with E-state index >= 15 is 0 Å². The van der Waals surface area contributed by atoms with Crippen molar-refractivity contribution in [2.75, 3.05) is 5.32 Å². The number of fused-ring (bicyclic) bond motifs is 1. The third-order valence-corrected chi connectivity index (χ3v) is 5.62. The average molecular weight is 324 g/mol. The van der Waals surface area contributed by atoms with Gasteiger partial charge in [-0.05, 0) is 44.9 Å². The molecule has 0 aromatic heterocycles. The van der Waals surface area contributed by atoms with Crippen LogP contribution in [0.4, 0.5) is 5.69 Å². The van der Waals surface area contributed by atoms with Gasteiger partial charge in [-0.25, -0.2) is 13.1 Å². The average Bonchev–Trinajstić information content (AvgIpc) is 2.91. The molecule has 120 valence electrons. The molecule has 0 spiro atoms. The third kappa shape index (κ3) is 2.83. The Hall–Kier alpha value is -1.60. The number of ether oxygens (including phenoxy) is 1. The van der Waals surface area contributed by atoms with E-state index in [0.717, 1.165) is 25.7 Å². The van der Waals surface area contributed by atoms with Crippen LogP contribution in [-0.4, -0.2) is 26.0 Å².